The van der Waals surface area contributed by atoms with Crippen LogP contribution in [0.5, 0.6) is 0 Å². The second-order valence-corrected chi connectivity index (χ2v) is 5.51. The molecule has 0 unspecified atom stereocenters. The van der Waals surface area contributed by atoms with Crippen molar-refractivity contribution in [3.05, 3.63) is 50.4 Å². The largest absolute Gasteiger partial charge is 0.335 e. The summed E-state index contributed by atoms with van der Waals surface area (Å²) in [4.78, 5) is 17.9. The molecule has 2 aromatic rings. The molecule has 0 spiro atoms. The minimum atomic E-state index is -0.108. The Balaban J connectivity index is 2.12. The van der Waals surface area contributed by atoms with Crippen LogP contribution >= 0.6 is 34.5 Å². The fourth-order valence-corrected chi connectivity index (χ4v) is 2.42. The summed E-state index contributed by atoms with van der Waals surface area (Å²) in [6.45, 7) is 0.483. The van der Waals surface area contributed by atoms with Crippen LogP contribution in [0.4, 0.5) is 0 Å². The Bertz CT molecular complexity index is 557. The van der Waals surface area contributed by atoms with Gasteiger partial charge in [-0.3, -0.25) is 4.79 Å². The van der Waals surface area contributed by atoms with Crippen molar-refractivity contribution in [3.63, 3.8) is 0 Å². The molecule has 3 nitrogen and oxygen atoms in total. The van der Waals surface area contributed by atoms with Crippen molar-refractivity contribution in [1.82, 2.24) is 9.88 Å². The molecule has 1 aromatic carbocycles. The highest BCUT2D eigenvalue weighted by Gasteiger charge is 2.14. The van der Waals surface area contributed by atoms with E-state index < -0.39 is 0 Å². The maximum absolute atomic E-state index is 12.1. The summed E-state index contributed by atoms with van der Waals surface area (Å²) >= 11 is 13.2. The van der Waals surface area contributed by atoms with Crippen molar-refractivity contribution in [2.24, 2.45) is 0 Å². The fraction of sp³-hybridized carbons (Fsp3) is 0.167. The highest BCUT2D eigenvalue weighted by atomic mass is 35.5. The Labute approximate surface area is 119 Å². The smallest absolute Gasteiger partial charge is 0.254 e. The van der Waals surface area contributed by atoms with Gasteiger partial charge in [-0.15, -0.1) is 11.3 Å². The first-order valence-corrected chi connectivity index (χ1v) is 6.80. The maximum Gasteiger partial charge on any atom is 0.254 e. The molecular weight excluding hydrogens is 291 g/mol. The lowest BCUT2D eigenvalue weighted by atomic mass is 10.2. The van der Waals surface area contributed by atoms with E-state index in [0.717, 1.165) is 5.01 Å². The van der Waals surface area contributed by atoms with Gasteiger partial charge in [-0.1, -0.05) is 23.2 Å². The molecule has 0 radical (unpaired) electrons. The summed E-state index contributed by atoms with van der Waals surface area (Å²) in [6.07, 6.45) is 1.72. The molecule has 18 heavy (non-hydrogen) atoms. The van der Waals surface area contributed by atoms with Crippen LogP contribution in [0, 0.1) is 0 Å². The molecule has 1 amide bonds. The molecule has 1 heterocycles. The normalized spacial score (nSPS) is 10.4. The van der Waals surface area contributed by atoms with Crippen molar-refractivity contribution in [1.29, 1.82) is 0 Å². The topological polar surface area (TPSA) is 33.2 Å². The van der Waals surface area contributed by atoms with Crippen molar-refractivity contribution in [3.8, 4) is 0 Å². The van der Waals surface area contributed by atoms with E-state index in [9.17, 15) is 4.79 Å². The van der Waals surface area contributed by atoms with Crippen LogP contribution in [-0.2, 0) is 6.54 Å². The number of aromatic nitrogens is 1. The maximum atomic E-state index is 12.1. The quantitative estimate of drug-likeness (QED) is 0.865. The third kappa shape index (κ3) is 3.02. The molecule has 0 bridgehead atoms. The van der Waals surface area contributed by atoms with Gasteiger partial charge in [0.15, 0.2) is 0 Å². The molecule has 0 aliphatic carbocycles. The molecule has 0 fully saturated rings. The lowest BCUT2D eigenvalue weighted by molar-refractivity contribution is 0.0785. The summed E-state index contributed by atoms with van der Waals surface area (Å²) in [5.41, 5.74) is 0.517. The molecule has 1 aromatic heterocycles. The molecule has 0 saturated carbocycles. The van der Waals surface area contributed by atoms with Gasteiger partial charge in [0.2, 0.25) is 0 Å². The first-order valence-electron chi connectivity index (χ1n) is 5.17. The van der Waals surface area contributed by atoms with Gasteiger partial charge in [0.1, 0.15) is 5.01 Å². The van der Waals surface area contributed by atoms with Gasteiger partial charge in [0.25, 0.3) is 5.91 Å². The van der Waals surface area contributed by atoms with Gasteiger partial charge in [-0.05, 0) is 18.2 Å². The Hall–Kier alpha value is -1.10. The van der Waals surface area contributed by atoms with E-state index in [1.54, 1.807) is 36.3 Å². The number of carbonyl (C=O) groups is 1. The second-order valence-electron chi connectivity index (χ2n) is 3.72. The Morgan fingerprint density at radius 2 is 2.17 bits per heavy atom. The molecule has 6 heteroatoms. The van der Waals surface area contributed by atoms with E-state index in [2.05, 4.69) is 4.98 Å². The second kappa shape index (κ2) is 5.69. The standard InChI is InChI=1S/C12H10Cl2N2OS/c1-16(7-11-15-4-5-18-11)12(17)8-2-3-9(13)10(14)6-8/h2-6H,7H2,1H3. The Morgan fingerprint density at radius 3 is 2.78 bits per heavy atom. The van der Waals surface area contributed by atoms with Crippen molar-refractivity contribution in [2.45, 2.75) is 6.54 Å². The molecule has 2 rings (SSSR count). The van der Waals surface area contributed by atoms with Gasteiger partial charge in [0, 0.05) is 24.2 Å². The predicted molar refractivity (Wildman–Crippen MR) is 74.4 cm³/mol. The van der Waals surface area contributed by atoms with Crippen LogP contribution in [-0.4, -0.2) is 22.8 Å². The van der Waals surface area contributed by atoms with Gasteiger partial charge < -0.3 is 4.90 Å². The zero-order chi connectivity index (χ0) is 13.1. The zero-order valence-electron chi connectivity index (χ0n) is 9.56. The number of hydrogen-bond acceptors (Lipinski definition) is 3. The van der Waals surface area contributed by atoms with Crippen LogP contribution < -0.4 is 0 Å². The van der Waals surface area contributed by atoms with Crippen molar-refractivity contribution in [2.75, 3.05) is 7.05 Å². The van der Waals surface area contributed by atoms with E-state index in [4.69, 9.17) is 23.2 Å². The zero-order valence-corrected chi connectivity index (χ0v) is 11.9. The van der Waals surface area contributed by atoms with Gasteiger partial charge in [-0.25, -0.2) is 4.98 Å². The number of benzene rings is 1. The van der Waals surface area contributed by atoms with Gasteiger partial charge in [0.05, 0.1) is 16.6 Å². The predicted octanol–water partition coefficient (Wildman–Crippen LogP) is 3.72. The van der Waals surface area contributed by atoms with Gasteiger partial charge >= 0.3 is 0 Å². The van der Waals surface area contributed by atoms with E-state index >= 15 is 0 Å². The number of thiazole rings is 1. The number of hydrogen-bond donors (Lipinski definition) is 0. The molecule has 0 saturated heterocycles. The molecule has 0 aliphatic heterocycles. The van der Waals surface area contributed by atoms with Crippen molar-refractivity contribution < 1.29 is 4.79 Å². The van der Waals surface area contributed by atoms with E-state index in [1.165, 1.54) is 11.3 Å². The number of rotatable bonds is 3. The monoisotopic (exact) mass is 300 g/mol. The van der Waals surface area contributed by atoms with E-state index in [0.29, 0.717) is 22.2 Å². The highest BCUT2D eigenvalue weighted by molar-refractivity contribution is 7.09. The molecule has 0 N–H and O–H groups in total. The summed E-state index contributed by atoms with van der Waals surface area (Å²) in [6, 6.07) is 4.85. The summed E-state index contributed by atoms with van der Waals surface area (Å²) in [7, 11) is 1.73. The molecule has 94 valence electrons. The average molecular weight is 301 g/mol. The Morgan fingerprint density at radius 1 is 1.39 bits per heavy atom. The number of nitrogens with zero attached hydrogens (tertiary/aromatic N) is 2. The first-order chi connectivity index (χ1) is 8.58. The SMILES string of the molecule is CN(Cc1nccs1)C(=O)c1ccc(Cl)c(Cl)c1. The number of carbonyl (C=O) groups excluding carboxylic acids is 1. The third-order valence-corrected chi connectivity index (χ3v) is 3.87. The highest BCUT2D eigenvalue weighted by Crippen LogP contribution is 2.23. The van der Waals surface area contributed by atoms with Crippen molar-refractivity contribution >= 4 is 40.4 Å². The number of halogens is 2. The van der Waals surface area contributed by atoms with E-state index in [-0.39, 0.29) is 5.91 Å². The Kier molecular flexibility index (Phi) is 4.22. The summed E-state index contributed by atoms with van der Waals surface area (Å²) < 4.78 is 0. The molecular formula is C12H10Cl2N2OS. The third-order valence-electron chi connectivity index (χ3n) is 2.37. The summed E-state index contributed by atoms with van der Waals surface area (Å²) in [5, 5.41) is 3.60. The van der Waals surface area contributed by atoms with Crippen LogP contribution in [0.2, 0.25) is 10.0 Å². The van der Waals surface area contributed by atoms with Crippen LogP contribution in [0.3, 0.4) is 0 Å². The van der Waals surface area contributed by atoms with E-state index in [1.807, 2.05) is 5.38 Å². The average Bonchev–Trinajstić information content (AvgIpc) is 2.84. The minimum absolute atomic E-state index is 0.108. The lowest BCUT2D eigenvalue weighted by Crippen LogP contribution is -2.26. The first kappa shape index (κ1) is 13.3. The minimum Gasteiger partial charge on any atom is -0.335 e. The van der Waals surface area contributed by atoms with Crippen LogP contribution in [0.1, 0.15) is 15.4 Å². The van der Waals surface area contributed by atoms with Crippen LogP contribution in [0.15, 0.2) is 29.8 Å². The molecule has 0 atom stereocenters. The van der Waals surface area contributed by atoms with Crippen LogP contribution in [0.25, 0.3) is 0 Å². The summed E-state index contributed by atoms with van der Waals surface area (Å²) in [5.74, 6) is -0.108. The fourth-order valence-electron chi connectivity index (χ4n) is 1.46. The number of amides is 1. The lowest BCUT2D eigenvalue weighted by Gasteiger charge is -2.15. The van der Waals surface area contributed by atoms with Gasteiger partial charge in [-0.2, -0.15) is 0 Å². The molecule has 0 aliphatic rings.